The fourth-order valence-electron chi connectivity index (χ4n) is 3.02. The molecule has 0 bridgehead atoms. The van der Waals surface area contributed by atoms with Crippen molar-refractivity contribution in [1.29, 1.82) is 0 Å². The number of allylic oxidation sites excluding steroid dienone is 1. The second-order valence-electron chi connectivity index (χ2n) is 6.01. The minimum absolute atomic E-state index is 0.125. The lowest BCUT2D eigenvalue weighted by atomic mass is 9.95. The quantitative estimate of drug-likeness (QED) is 0.770. The van der Waals surface area contributed by atoms with Crippen molar-refractivity contribution >= 4 is 23.7 Å². The standard InChI is InChI=1S/C21H17NO5/c23-16(12-11-14-7-3-1-4-8-14)18-19(15-9-5-2-6-10-15)22(13-17(24)25)21(27)20(18)26/h1-12,19,26H,13H2,(H,24,25)/b12-11+. The maximum absolute atomic E-state index is 12.8. The van der Waals surface area contributed by atoms with E-state index in [0.29, 0.717) is 5.56 Å². The van der Waals surface area contributed by atoms with Crippen LogP contribution in [0.1, 0.15) is 17.2 Å². The molecule has 2 aromatic rings. The average Bonchev–Trinajstić information content (AvgIpc) is 2.92. The summed E-state index contributed by atoms with van der Waals surface area (Å²) in [6, 6.07) is 16.7. The van der Waals surface area contributed by atoms with E-state index >= 15 is 0 Å². The highest BCUT2D eigenvalue weighted by atomic mass is 16.4. The van der Waals surface area contributed by atoms with Gasteiger partial charge in [0.2, 0.25) is 0 Å². The number of carbonyl (C=O) groups excluding carboxylic acids is 2. The maximum Gasteiger partial charge on any atom is 0.323 e. The fraction of sp³-hybridized carbons (Fsp3) is 0.0952. The Bertz CT molecular complexity index is 932. The molecular weight excluding hydrogens is 346 g/mol. The zero-order chi connectivity index (χ0) is 19.4. The topological polar surface area (TPSA) is 94.9 Å². The summed E-state index contributed by atoms with van der Waals surface area (Å²) in [5.41, 5.74) is 1.21. The van der Waals surface area contributed by atoms with Crippen LogP contribution < -0.4 is 0 Å². The third kappa shape index (κ3) is 3.79. The van der Waals surface area contributed by atoms with Crippen molar-refractivity contribution in [1.82, 2.24) is 4.90 Å². The van der Waals surface area contributed by atoms with Crippen molar-refractivity contribution in [2.75, 3.05) is 6.54 Å². The van der Waals surface area contributed by atoms with Gasteiger partial charge in [-0.25, -0.2) is 0 Å². The summed E-state index contributed by atoms with van der Waals surface area (Å²) in [6.45, 7) is -0.623. The molecule has 27 heavy (non-hydrogen) atoms. The molecule has 0 radical (unpaired) electrons. The molecule has 136 valence electrons. The Hall–Kier alpha value is -3.67. The highest BCUT2D eigenvalue weighted by Crippen LogP contribution is 2.37. The number of hydrogen-bond acceptors (Lipinski definition) is 4. The van der Waals surface area contributed by atoms with Crippen molar-refractivity contribution in [2.45, 2.75) is 6.04 Å². The van der Waals surface area contributed by atoms with Gasteiger partial charge in [-0.3, -0.25) is 14.4 Å². The SMILES string of the molecule is O=C(O)CN1C(=O)C(O)=C(C(=O)/C=C/c2ccccc2)C1c1ccccc1. The predicted octanol–water partition coefficient (Wildman–Crippen LogP) is 2.75. The normalized spacial score (nSPS) is 17.0. The van der Waals surface area contributed by atoms with E-state index < -0.39 is 36.0 Å². The van der Waals surface area contributed by atoms with Crippen LogP contribution in [0.2, 0.25) is 0 Å². The number of aliphatic carboxylic acids is 1. The third-order valence-corrected chi connectivity index (χ3v) is 4.22. The molecule has 1 aliphatic rings. The highest BCUT2D eigenvalue weighted by Gasteiger charge is 2.43. The number of aliphatic hydroxyl groups is 1. The molecule has 6 nitrogen and oxygen atoms in total. The molecule has 1 amide bonds. The number of ketones is 1. The fourth-order valence-corrected chi connectivity index (χ4v) is 3.02. The van der Waals surface area contributed by atoms with Crippen molar-refractivity contribution in [3.63, 3.8) is 0 Å². The second kappa shape index (κ2) is 7.70. The molecule has 0 aromatic heterocycles. The molecule has 3 rings (SSSR count). The molecule has 6 heteroatoms. The number of carbonyl (C=O) groups is 3. The Morgan fingerprint density at radius 2 is 1.59 bits per heavy atom. The Morgan fingerprint density at radius 3 is 2.19 bits per heavy atom. The number of amides is 1. The first kappa shape index (κ1) is 18.1. The lowest BCUT2D eigenvalue weighted by Gasteiger charge is -2.24. The van der Waals surface area contributed by atoms with Crippen LogP contribution in [-0.4, -0.2) is 39.3 Å². The van der Waals surface area contributed by atoms with E-state index in [-0.39, 0.29) is 5.57 Å². The van der Waals surface area contributed by atoms with Gasteiger partial charge in [0, 0.05) is 0 Å². The van der Waals surface area contributed by atoms with Crippen LogP contribution in [-0.2, 0) is 14.4 Å². The van der Waals surface area contributed by atoms with Crippen LogP contribution in [0.4, 0.5) is 0 Å². The molecule has 0 aliphatic carbocycles. The van der Waals surface area contributed by atoms with E-state index in [1.165, 1.54) is 6.08 Å². The van der Waals surface area contributed by atoms with E-state index in [4.69, 9.17) is 5.11 Å². The van der Waals surface area contributed by atoms with Crippen molar-refractivity contribution < 1.29 is 24.6 Å². The summed E-state index contributed by atoms with van der Waals surface area (Å²) in [5, 5.41) is 19.4. The molecule has 0 saturated carbocycles. The predicted molar refractivity (Wildman–Crippen MR) is 98.7 cm³/mol. The number of hydrogen-bond donors (Lipinski definition) is 2. The van der Waals surface area contributed by atoms with E-state index in [1.807, 2.05) is 30.3 Å². The second-order valence-corrected chi connectivity index (χ2v) is 6.01. The lowest BCUT2D eigenvalue weighted by Crippen LogP contribution is -2.35. The molecule has 1 aliphatic heterocycles. The Balaban J connectivity index is 1.99. The van der Waals surface area contributed by atoms with Gasteiger partial charge in [0.05, 0.1) is 11.6 Å². The number of carboxylic acids is 1. The first-order valence-electron chi connectivity index (χ1n) is 8.27. The maximum atomic E-state index is 12.8. The number of aliphatic hydroxyl groups excluding tert-OH is 1. The van der Waals surface area contributed by atoms with Gasteiger partial charge in [0.1, 0.15) is 6.54 Å². The first-order valence-corrected chi connectivity index (χ1v) is 8.27. The smallest absolute Gasteiger partial charge is 0.323 e. The molecule has 2 N–H and O–H groups in total. The highest BCUT2D eigenvalue weighted by molar-refractivity contribution is 6.14. The van der Waals surface area contributed by atoms with Crippen LogP contribution in [0.5, 0.6) is 0 Å². The van der Waals surface area contributed by atoms with Crippen molar-refractivity contribution in [3.05, 3.63) is 89.2 Å². The summed E-state index contributed by atoms with van der Waals surface area (Å²) in [6.07, 6.45) is 2.85. The minimum atomic E-state index is -1.23. The third-order valence-electron chi connectivity index (χ3n) is 4.22. The molecule has 0 fully saturated rings. The van der Waals surface area contributed by atoms with E-state index in [9.17, 15) is 19.5 Å². The van der Waals surface area contributed by atoms with Gasteiger partial charge in [-0.2, -0.15) is 0 Å². The van der Waals surface area contributed by atoms with Crippen LogP contribution in [0.15, 0.2) is 78.1 Å². The van der Waals surface area contributed by atoms with Gasteiger partial charge < -0.3 is 15.1 Å². The minimum Gasteiger partial charge on any atom is -0.503 e. The van der Waals surface area contributed by atoms with Gasteiger partial charge in [-0.15, -0.1) is 0 Å². The summed E-state index contributed by atoms with van der Waals surface area (Å²) < 4.78 is 0. The molecule has 0 spiro atoms. The zero-order valence-electron chi connectivity index (χ0n) is 14.3. The summed E-state index contributed by atoms with van der Waals surface area (Å²) in [7, 11) is 0. The molecular formula is C21H17NO5. The van der Waals surface area contributed by atoms with Crippen molar-refractivity contribution in [3.8, 4) is 0 Å². The Kier molecular flexibility index (Phi) is 5.17. The Morgan fingerprint density at radius 1 is 1.00 bits per heavy atom. The summed E-state index contributed by atoms with van der Waals surface area (Å²) >= 11 is 0. The molecule has 1 unspecified atom stereocenters. The zero-order valence-corrected chi connectivity index (χ0v) is 14.3. The molecule has 1 atom stereocenters. The number of benzene rings is 2. The average molecular weight is 363 g/mol. The van der Waals surface area contributed by atoms with Gasteiger partial charge in [-0.05, 0) is 17.2 Å². The Labute approximate surface area is 155 Å². The largest absolute Gasteiger partial charge is 0.503 e. The van der Waals surface area contributed by atoms with Crippen LogP contribution in [0.25, 0.3) is 6.08 Å². The van der Waals surface area contributed by atoms with Gasteiger partial charge >= 0.3 is 5.97 Å². The number of rotatable bonds is 6. The molecule has 1 heterocycles. The van der Waals surface area contributed by atoms with E-state index in [2.05, 4.69) is 0 Å². The molecule has 0 saturated heterocycles. The van der Waals surface area contributed by atoms with Crippen LogP contribution in [0.3, 0.4) is 0 Å². The van der Waals surface area contributed by atoms with E-state index in [0.717, 1.165) is 10.5 Å². The number of nitrogens with zero attached hydrogens (tertiary/aromatic N) is 1. The van der Waals surface area contributed by atoms with Gasteiger partial charge in [0.25, 0.3) is 5.91 Å². The summed E-state index contributed by atoms with van der Waals surface area (Å²) in [4.78, 5) is 37.3. The molecule has 2 aromatic carbocycles. The van der Waals surface area contributed by atoms with E-state index in [1.54, 1.807) is 36.4 Å². The summed E-state index contributed by atoms with van der Waals surface area (Å²) in [5.74, 6) is -3.37. The number of carboxylic acid groups (broad SMARTS) is 1. The first-order chi connectivity index (χ1) is 13.0. The van der Waals surface area contributed by atoms with Gasteiger partial charge in [0.15, 0.2) is 11.5 Å². The van der Waals surface area contributed by atoms with Crippen LogP contribution in [0, 0.1) is 0 Å². The van der Waals surface area contributed by atoms with Crippen molar-refractivity contribution in [2.24, 2.45) is 0 Å². The lowest BCUT2D eigenvalue weighted by molar-refractivity contribution is -0.144. The van der Waals surface area contributed by atoms with Gasteiger partial charge in [-0.1, -0.05) is 66.7 Å². The van der Waals surface area contributed by atoms with Crippen LogP contribution >= 0.6 is 0 Å². The monoisotopic (exact) mass is 363 g/mol.